The molecule has 2 amide bonds. The fourth-order valence-corrected chi connectivity index (χ4v) is 4.12. The molecule has 3 rings (SSSR count). The minimum absolute atomic E-state index is 0.0276. The molecule has 0 bridgehead atoms. The summed E-state index contributed by atoms with van der Waals surface area (Å²) < 4.78 is 49.9. The molecule has 1 unspecified atom stereocenters. The average Bonchev–Trinajstić information content (AvgIpc) is 3.11. The monoisotopic (exact) mass is 481 g/mol. The number of carbonyl (C=O) groups is 2. The molecule has 1 atom stereocenters. The lowest BCUT2D eigenvalue weighted by Crippen LogP contribution is -2.32. The number of halogens is 3. The molecule has 0 aliphatic carbocycles. The summed E-state index contributed by atoms with van der Waals surface area (Å²) in [5.41, 5.74) is -0.268. The first-order chi connectivity index (χ1) is 15.7. The predicted octanol–water partition coefficient (Wildman–Crippen LogP) is 3.69. The van der Waals surface area contributed by atoms with Crippen LogP contribution in [0.25, 0.3) is 0 Å². The van der Waals surface area contributed by atoms with Crippen molar-refractivity contribution in [3.8, 4) is 11.5 Å². The van der Waals surface area contributed by atoms with Gasteiger partial charge in [-0.3, -0.25) is 9.59 Å². The summed E-state index contributed by atoms with van der Waals surface area (Å²) in [6, 6.07) is 10.3. The number of methoxy groups -OCH3 is 2. The molecule has 2 N–H and O–H groups in total. The van der Waals surface area contributed by atoms with Crippen LogP contribution in [0.2, 0.25) is 0 Å². The second kappa shape index (κ2) is 10.6. The number of aliphatic imine (C=N–C) groups is 1. The van der Waals surface area contributed by atoms with Crippen LogP contribution in [0.5, 0.6) is 11.5 Å². The van der Waals surface area contributed by atoms with Crippen LogP contribution in [0, 0.1) is 0 Å². The fraction of sp³-hybridized carbons (Fsp3) is 0.318. The number of rotatable bonds is 8. The molecule has 0 radical (unpaired) electrons. The topological polar surface area (TPSA) is 89.0 Å². The highest BCUT2D eigenvalue weighted by atomic mass is 32.2. The highest BCUT2D eigenvalue weighted by Crippen LogP contribution is 2.37. The van der Waals surface area contributed by atoms with E-state index in [-0.39, 0.29) is 23.2 Å². The highest BCUT2D eigenvalue weighted by Gasteiger charge is 2.35. The van der Waals surface area contributed by atoms with Gasteiger partial charge in [-0.2, -0.15) is 13.2 Å². The van der Waals surface area contributed by atoms with Gasteiger partial charge in [-0.25, -0.2) is 4.99 Å². The Kier molecular flexibility index (Phi) is 7.85. The number of benzene rings is 2. The molecule has 33 heavy (non-hydrogen) atoms. The Morgan fingerprint density at radius 2 is 1.88 bits per heavy atom. The Balaban J connectivity index is 1.54. The van der Waals surface area contributed by atoms with Gasteiger partial charge in [0.2, 0.25) is 11.8 Å². The minimum Gasteiger partial charge on any atom is -0.493 e. The first-order valence-corrected chi connectivity index (χ1v) is 10.8. The SMILES string of the molecule is COc1ccc(CCNC(=O)CC2SC(=Nc3ccccc3C(F)(F)F)NC2=O)cc1OC. The molecule has 1 saturated heterocycles. The van der Waals surface area contributed by atoms with Crippen molar-refractivity contribution in [3.05, 3.63) is 53.6 Å². The Labute approximate surface area is 192 Å². The van der Waals surface area contributed by atoms with Crippen LogP contribution in [0.3, 0.4) is 0 Å². The number of nitrogens with one attached hydrogen (secondary N) is 2. The van der Waals surface area contributed by atoms with E-state index in [1.165, 1.54) is 25.3 Å². The third kappa shape index (κ3) is 6.41. The summed E-state index contributed by atoms with van der Waals surface area (Å²) >= 11 is 0.931. The van der Waals surface area contributed by atoms with Crippen LogP contribution in [-0.4, -0.2) is 43.0 Å². The number of carbonyl (C=O) groups excluding carboxylic acids is 2. The summed E-state index contributed by atoms with van der Waals surface area (Å²) in [5.74, 6) is 0.363. The number of hydrogen-bond acceptors (Lipinski definition) is 6. The number of alkyl halides is 3. The van der Waals surface area contributed by atoms with Gasteiger partial charge in [0.25, 0.3) is 0 Å². The van der Waals surface area contributed by atoms with Crippen LogP contribution in [0.15, 0.2) is 47.5 Å². The number of nitrogens with zero attached hydrogens (tertiary/aromatic N) is 1. The van der Waals surface area contributed by atoms with Gasteiger partial charge in [-0.05, 0) is 36.2 Å². The maximum Gasteiger partial charge on any atom is 0.418 e. The molecule has 1 heterocycles. The second-order valence-corrected chi connectivity index (χ2v) is 8.21. The summed E-state index contributed by atoms with van der Waals surface area (Å²) in [7, 11) is 3.08. The Bertz CT molecular complexity index is 1060. The van der Waals surface area contributed by atoms with E-state index < -0.39 is 22.9 Å². The van der Waals surface area contributed by atoms with E-state index in [1.807, 2.05) is 12.1 Å². The van der Waals surface area contributed by atoms with Gasteiger partial charge < -0.3 is 20.1 Å². The zero-order valence-corrected chi connectivity index (χ0v) is 18.7. The number of hydrogen-bond donors (Lipinski definition) is 2. The average molecular weight is 481 g/mol. The summed E-state index contributed by atoms with van der Waals surface area (Å²) in [6.45, 7) is 0.341. The molecular weight excluding hydrogens is 459 g/mol. The number of para-hydroxylation sites is 1. The number of amides is 2. The number of thioether (sulfide) groups is 1. The van der Waals surface area contributed by atoms with Gasteiger partial charge in [0.15, 0.2) is 16.7 Å². The molecule has 0 saturated carbocycles. The second-order valence-electron chi connectivity index (χ2n) is 7.02. The molecule has 0 aromatic heterocycles. The lowest BCUT2D eigenvalue weighted by atomic mass is 10.1. The van der Waals surface area contributed by atoms with Crippen LogP contribution >= 0.6 is 11.8 Å². The van der Waals surface area contributed by atoms with Gasteiger partial charge in [0, 0.05) is 13.0 Å². The highest BCUT2D eigenvalue weighted by molar-refractivity contribution is 8.15. The largest absolute Gasteiger partial charge is 0.493 e. The quantitative estimate of drug-likeness (QED) is 0.601. The molecule has 7 nitrogen and oxygen atoms in total. The molecule has 1 aliphatic heterocycles. The first kappa shape index (κ1) is 24.4. The maximum absolute atomic E-state index is 13.1. The normalized spacial score (nSPS) is 17.1. The lowest BCUT2D eigenvalue weighted by Gasteiger charge is -2.10. The van der Waals surface area contributed by atoms with Crippen molar-refractivity contribution in [2.75, 3.05) is 20.8 Å². The Morgan fingerprint density at radius 3 is 2.58 bits per heavy atom. The van der Waals surface area contributed by atoms with Crippen molar-refractivity contribution in [2.45, 2.75) is 24.3 Å². The van der Waals surface area contributed by atoms with E-state index in [9.17, 15) is 22.8 Å². The molecule has 176 valence electrons. The zero-order valence-electron chi connectivity index (χ0n) is 17.9. The zero-order chi connectivity index (χ0) is 24.0. The van der Waals surface area contributed by atoms with Crippen molar-refractivity contribution in [1.82, 2.24) is 10.6 Å². The molecular formula is C22H22F3N3O4S. The van der Waals surface area contributed by atoms with E-state index in [0.717, 1.165) is 23.4 Å². The Morgan fingerprint density at radius 1 is 1.15 bits per heavy atom. The van der Waals surface area contributed by atoms with Gasteiger partial charge in [-0.1, -0.05) is 30.0 Å². The third-order valence-corrected chi connectivity index (χ3v) is 5.84. The number of ether oxygens (including phenoxy) is 2. The minimum atomic E-state index is -4.57. The van der Waals surface area contributed by atoms with E-state index in [2.05, 4.69) is 15.6 Å². The van der Waals surface area contributed by atoms with E-state index >= 15 is 0 Å². The first-order valence-electron chi connectivity index (χ1n) is 9.91. The van der Waals surface area contributed by atoms with Gasteiger partial charge in [-0.15, -0.1) is 0 Å². The molecule has 2 aromatic rings. The van der Waals surface area contributed by atoms with Crippen molar-refractivity contribution >= 4 is 34.4 Å². The number of amidine groups is 1. The smallest absolute Gasteiger partial charge is 0.418 e. The van der Waals surface area contributed by atoms with Crippen LogP contribution in [-0.2, 0) is 22.2 Å². The fourth-order valence-electron chi connectivity index (χ4n) is 3.14. The molecule has 11 heteroatoms. The molecule has 0 spiro atoms. The Hall–Kier alpha value is -3.21. The molecule has 2 aromatic carbocycles. The van der Waals surface area contributed by atoms with E-state index in [0.29, 0.717) is 24.5 Å². The van der Waals surface area contributed by atoms with E-state index in [1.54, 1.807) is 13.2 Å². The van der Waals surface area contributed by atoms with Crippen LogP contribution in [0.1, 0.15) is 17.5 Å². The van der Waals surface area contributed by atoms with Crippen molar-refractivity contribution < 1.29 is 32.2 Å². The van der Waals surface area contributed by atoms with Crippen LogP contribution in [0.4, 0.5) is 18.9 Å². The summed E-state index contributed by atoms with van der Waals surface area (Å²) in [6.07, 6.45) is -4.15. The van der Waals surface area contributed by atoms with Crippen molar-refractivity contribution in [3.63, 3.8) is 0 Å². The van der Waals surface area contributed by atoms with Gasteiger partial charge >= 0.3 is 6.18 Å². The summed E-state index contributed by atoms with van der Waals surface area (Å²) in [5, 5.41) is 4.44. The molecule has 1 fully saturated rings. The maximum atomic E-state index is 13.1. The standard InChI is InChI=1S/C22H22F3N3O4S/c1-31-16-8-7-13(11-17(16)32-2)9-10-26-19(29)12-18-20(30)28-21(33-18)27-15-6-4-3-5-14(15)22(23,24)25/h3-8,11,18H,9-10,12H2,1-2H3,(H,26,29)(H,27,28,30). The van der Waals surface area contributed by atoms with Crippen LogP contribution < -0.4 is 20.1 Å². The van der Waals surface area contributed by atoms with Crippen molar-refractivity contribution in [1.29, 1.82) is 0 Å². The lowest BCUT2D eigenvalue weighted by molar-refractivity contribution is -0.137. The predicted molar refractivity (Wildman–Crippen MR) is 119 cm³/mol. The van der Waals surface area contributed by atoms with Gasteiger partial charge in [0.1, 0.15) is 5.25 Å². The summed E-state index contributed by atoms with van der Waals surface area (Å²) in [4.78, 5) is 28.4. The molecule has 1 aliphatic rings. The van der Waals surface area contributed by atoms with Crippen molar-refractivity contribution in [2.24, 2.45) is 4.99 Å². The third-order valence-electron chi connectivity index (χ3n) is 4.76. The van der Waals surface area contributed by atoms with Gasteiger partial charge in [0.05, 0.1) is 25.5 Å². The van der Waals surface area contributed by atoms with E-state index in [4.69, 9.17) is 9.47 Å².